The predicted molar refractivity (Wildman–Crippen MR) is 56.3 cm³/mol. The van der Waals surface area contributed by atoms with Gasteiger partial charge < -0.3 is 9.47 Å². The molecule has 2 aliphatic heterocycles. The van der Waals surface area contributed by atoms with E-state index in [-0.39, 0.29) is 0 Å². The second-order valence-electron chi connectivity index (χ2n) is 4.91. The standard InChI is InChI=1S/C12H22O2/c1-9(12-4-3-7-13-12)8-11-6-5-10(2)14-11/h9-12H,3-8H2,1-2H3/t9?,10-,11?,12-/m0/s1. The van der Waals surface area contributed by atoms with Gasteiger partial charge in [0.1, 0.15) is 0 Å². The first-order valence-corrected chi connectivity index (χ1v) is 6.03. The minimum atomic E-state index is 0.483. The number of hydrogen-bond acceptors (Lipinski definition) is 2. The predicted octanol–water partition coefficient (Wildman–Crippen LogP) is 2.76. The molecule has 2 unspecified atom stereocenters. The maximum atomic E-state index is 5.84. The van der Waals surface area contributed by atoms with Crippen LogP contribution in [-0.2, 0) is 9.47 Å². The highest BCUT2D eigenvalue weighted by molar-refractivity contribution is 4.78. The topological polar surface area (TPSA) is 18.5 Å². The molecule has 0 aromatic heterocycles. The third-order valence-corrected chi connectivity index (χ3v) is 3.55. The highest BCUT2D eigenvalue weighted by Crippen LogP contribution is 2.29. The Labute approximate surface area is 87.0 Å². The summed E-state index contributed by atoms with van der Waals surface area (Å²) in [4.78, 5) is 0. The van der Waals surface area contributed by atoms with E-state index in [2.05, 4.69) is 13.8 Å². The molecule has 0 spiro atoms. The molecule has 0 saturated carbocycles. The van der Waals surface area contributed by atoms with Crippen molar-refractivity contribution in [2.45, 2.75) is 64.3 Å². The van der Waals surface area contributed by atoms with Crippen LogP contribution in [0.2, 0.25) is 0 Å². The highest BCUT2D eigenvalue weighted by atomic mass is 16.5. The summed E-state index contributed by atoms with van der Waals surface area (Å²) in [5.74, 6) is 0.674. The molecule has 4 atom stereocenters. The Morgan fingerprint density at radius 3 is 2.71 bits per heavy atom. The largest absolute Gasteiger partial charge is 0.378 e. The number of hydrogen-bond donors (Lipinski definition) is 0. The maximum Gasteiger partial charge on any atom is 0.0602 e. The lowest BCUT2D eigenvalue weighted by Crippen LogP contribution is -2.22. The summed E-state index contributed by atoms with van der Waals surface area (Å²) >= 11 is 0. The molecular formula is C12H22O2. The van der Waals surface area contributed by atoms with E-state index >= 15 is 0 Å². The van der Waals surface area contributed by atoms with Gasteiger partial charge in [-0.3, -0.25) is 0 Å². The van der Waals surface area contributed by atoms with Gasteiger partial charge >= 0.3 is 0 Å². The second-order valence-corrected chi connectivity index (χ2v) is 4.91. The van der Waals surface area contributed by atoms with Crippen molar-refractivity contribution >= 4 is 0 Å². The Bertz CT molecular complexity index is 175. The van der Waals surface area contributed by atoms with Gasteiger partial charge in [0.2, 0.25) is 0 Å². The third-order valence-electron chi connectivity index (χ3n) is 3.55. The van der Waals surface area contributed by atoms with Crippen LogP contribution >= 0.6 is 0 Å². The van der Waals surface area contributed by atoms with Gasteiger partial charge in [-0.25, -0.2) is 0 Å². The minimum Gasteiger partial charge on any atom is -0.378 e. The SMILES string of the molecule is CC(CC1CC[C@H](C)O1)[C@@H]1CCCO1. The molecule has 0 aromatic carbocycles. The van der Waals surface area contributed by atoms with Crippen LogP contribution < -0.4 is 0 Å². The van der Waals surface area contributed by atoms with Gasteiger partial charge in [0.05, 0.1) is 18.3 Å². The number of ether oxygens (including phenoxy) is 2. The van der Waals surface area contributed by atoms with E-state index in [1.54, 1.807) is 0 Å². The Morgan fingerprint density at radius 1 is 1.29 bits per heavy atom. The summed E-state index contributed by atoms with van der Waals surface area (Å²) in [5.41, 5.74) is 0. The summed E-state index contributed by atoms with van der Waals surface area (Å²) in [6.07, 6.45) is 7.67. The Morgan fingerprint density at radius 2 is 2.14 bits per heavy atom. The van der Waals surface area contributed by atoms with Gasteiger partial charge in [-0.15, -0.1) is 0 Å². The van der Waals surface area contributed by atoms with E-state index in [0.29, 0.717) is 24.2 Å². The first-order chi connectivity index (χ1) is 6.75. The lowest BCUT2D eigenvalue weighted by molar-refractivity contribution is 0.0110. The first-order valence-electron chi connectivity index (χ1n) is 6.03. The van der Waals surface area contributed by atoms with Crippen molar-refractivity contribution in [2.24, 2.45) is 5.92 Å². The van der Waals surface area contributed by atoms with Gasteiger partial charge in [-0.2, -0.15) is 0 Å². The van der Waals surface area contributed by atoms with Crippen molar-refractivity contribution in [2.75, 3.05) is 6.61 Å². The normalized spacial score (nSPS) is 40.3. The zero-order valence-corrected chi connectivity index (χ0v) is 9.37. The fraction of sp³-hybridized carbons (Fsp3) is 1.00. The van der Waals surface area contributed by atoms with E-state index < -0.39 is 0 Å². The summed E-state index contributed by atoms with van der Waals surface area (Å²) < 4.78 is 11.5. The number of rotatable bonds is 3. The molecule has 2 nitrogen and oxygen atoms in total. The van der Waals surface area contributed by atoms with Gasteiger partial charge in [-0.1, -0.05) is 6.92 Å². The zero-order valence-electron chi connectivity index (χ0n) is 9.37. The molecule has 0 aromatic rings. The molecular weight excluding hydrogens is 176 g/mol. The van der Waals surface area contributed by atoms with Crippen LogP contribution in [0.1, 0.15) is 46.0 Å². The second kappa shape index (κ2) is 4.63. The molecule has 2 rings (SSSR count). The average molecular weight is 198 g/mol. The van der Waals surface area contributed by atoms with E-state index in [4.69, 9.17) is 9.47 Å². The Balaban J connectivity index is 1.73. The monoisotopic (exact) mass is 198 g/mol. The highest BCUT2D eigenvalue weighted by Gasteiger charge is 2.28. The zero-order chi connectivity index (χ0) is 9.97. The molecule has 0 aliphatic carbocycles. The first kappa shape index (κ1) is 10.4. The average Bonchev–Trinajstić information content (AvgIpc) is 2.75. The quantitative estimate of drug-likeness (QED) is 0.694. The molecule has 2 heterocycles. The van der Waals surface area contributed by atoms with Crippen LogP contribution in [0.5, 0.6) is 0 Å². The van der Waals surface area contributed by atoms with Crippen molar-refractivity contribution in [1.82, 2.24) is 0 Å². The fourth-order valence-electron chi connectivity index (χ4n) is 2.68. The lowest BCUT2D eigenvalue weighted by atomic mass is 9.94. The summed E-state index contributed by atoms with van der Waals surface area (Å²) in [6.45, 7) is 5.45. The molecule has 14 heavy (non-hydrogen) atoms. The third kappa shape index (κ3) is 2.48. The van der Waals surface area contributed by atoms with Gasteiger partial charge in [0.15, 0.2) is 0 Å². The van der Waals surface area contributed by atoms with Crippen LogP contribution in [0.4, 0.5) is 0 Å². The van der Waals surface area contributed by atoms with Gasteiger partial charge in [-0.05, 0) is 44.9 Å². The summed E-state index contributed by atoms with van der Waals surface area (Å²) in [6, 6.07) is 0. The van der Waals surface area contributed by atoms with Crippen molar-refractivity contribution in [1.29, 1.82) is 0 Å². The molecule has 0 N–H and O–H groups in total. The lowest BCUT2D eigenvalue weighted by Gasteiger charge is -2.21. The van der Waals surface area contributed by atoms with E-state index in [0.717, 1.165) is 6.61 Å². The minimum absolute atomic E-state index is 0.483. The van der Waals surface area contributed by atoms with E-state index in [1.165, 1.54) is 32.1 Å². The van der Waals surface area contributed by atoms with Crippen LogP contribution in [-0.4, -0.2) is 24.9 Å². The van der Waals surface area contributed by atoms with Crippen molar-refractivity contribution in [3.05, 3.63) is 0 Å². The van der Waals surface area contributed by atoms with Crippen LogP contribution in [0.15, 0.2) is 0 Å². The summed E-state index contributed by atoms with van der Waals surface area (Å²) in [5, 5.41) is 0. The van der Waals surface area contributed by atoms with Crippen LogP contribution in [0, 0.1) is 5.92 Å². The molecule has 2 heteroatoms. The van der Waals surface area contributed by atoms with Crippen molar-refractivity contribution in [3.8, 4) is 0 Å². The molecule has 82 valence electrons. The molecule has 2 saturated heterocycles. The Kier molecular flexibility index (Phi) is 3.45. The fourth-order valence-corrected chi connectivity index (χ4v) is 2.68. The van der Waals surface area contributed by atoms with Gasteiger partial charge in [0, 0.05) is 6.61 Å². The molecule has 2 aliphatic rings. The molecule has 2 fully saturated rings. The van der Waals surface area contributed by atoms with Crippen LogP contribution in [0.3, 0.4) is 0 Å². The van der Waals surface area contributed by atoms with Gasteiger partial charge in [0.25, 0.3) is 0 Å². The molecule has 0 bridgehead atoms. The maximum absolute atomic E-state index is 5.84. The smallest absolute Gasteiger partial charge is 0.0602 e. The van der Waals surface area contributed by atoms with Crippen molar-refractivity contribution < 1.29 is 9.47 Å². The van der Waals surface area contributed by atoms with Crippen molar-refractivity contribution in [3.63, 3.8) is 0 Å². The van der Waals surface area contributed by atoms with E-state index in [9.17, 15) is 0 Å². The summed E-state index contributed by atoms with van der Waals surface area (Å²) in [7, 11) is 0. The molecule has 0 radical (unpaired) electrons. The van der Waals surface area contributed by atoms with Crippen LogP contribution in [0.25, 0.3) is 0 Å². The van der Waals surface area contributed by atoms with E-state index in [1.807, 2.05) is 0 Å². The Hall–Kier alpha value is -0.0800. The molecule has 0 amide bonds.